The molecule has 0 bridgehead atoms. The number of rotatable bonds is 5. The van der Waals surface area contributed by atoms with Gasteiger partial charge in [0.1, 0.15) is 0 Å². The van der Waals surface area contributed by atoms with E-state index in [4.69, 9.17) is 17.3 Å². The summed E-state index contributed by atoms with van der Waals surface area (Å²) in [5.41, 5.74) is 7.25. The summed E-state index contributed by atoms with van der Waals surface area (Å²) in [6.07, 6.45) is 6.61. The molecule has 1 aliphatic rings. The number of hydrogen-bond acceptors (Lipinski definition) is 2. The van der Waals surface area contributed by atoms with Crippen LogP contribution in [0, 0.1) is 17.8 Å². The molecule has 3 unspecified atom stereocenters. The van der Waals surface area contributed by atoms with Gasteiger partial charge in [-0.2, -0.15) is 5.10 Å². The van der Waals surface area contributed by atoms with Crippen molar-refractivity contribution in [1.82, 2.24) is 9.78 Å². The van der Waals surface area contributed by atoms with Crippen LogP contribution in [0.2, 0.25) is 5.02 Å². The summed E-state index contributed by atoms with van der Waals surface area (Å²) >= 11 is 6.44. The molecule has 0 spiro atoms. The second kappa shape index (κ2) is 6.95. The zero-order chi connectivity index (χ0) is 14.7. The first-order valence-electron chi connectivity index (χ1n) is 7.99. The quantitative estimate of drug-likeness (QED) is 0.890. The number of nitrogens with two attached hydrogens (primary N) is 1. The third-order valence-corrected chi connectivity index (χ3v) is 5.19. The fourth-order valence-corrected chi connectivity index (χ4v) is 3.90. The van der Waals surface area contributed by atoms with E-state index in [2.05, 4.69) is 30.6 Å². The first kappa shape index (κ1) is 15.8. The average molecular weight is 298 g/mol. The van der Waals surface area contributed by atoms with Crippen molar-refractivity contribution in [1.29, 1.82) is 0 Å². The molecule has 1 aromatic rings. The topological polar surface area (TPSA) is 43.8 Å². The van der Waals surface area contributed by atoms with E-state index in [0.717, 1.165) is 36.4 Å². The first-order valence-corrected chi connectivity index (χ1v) is 8.37. The second-order valence-electron chi connectivity index (χ2n) is 6.52. The van der Waals surface area contributed by atoms with Gasteiger partial charge in [-0.15, -0.1) is 0 Å². The number of hydrogen-bond donors (Lipinski definition) is 1. The van der Waals surface area contributed by atoms with Crippen molar-refractivity contribution in [2.45, 2.75) is 58.9 Å². The Morgan fingerprint density at radius 2 is 2.20 bits per heavy atom. The van der Waals surface area contributed by atoms with Crippen molar-refractivity contribution in [2.75, 3.05) is 6.54 Å². The van der Waals surface area contributed by atoms with Gasteiger partial charge in [-0.3, -0.25) is 4.68 Å². The third-order valence-electron chi connectivity index (χ3n) is 4.90. The van der Waals surface area contributed by atoms with Gasteiger partial charge in [-0.25, -0.2) is 0 Å². The fourth-order valence-electron chi connectivity index (χ4n) is 3.62. The molecule has 2 N–H and O–H groups in total. The zero-order valence-electron chi connectivity index (χ0n) is 13.0. The molecular weight excluding hydrogens is 270 g/mol. The molecule has 114 valence electrons. The Hall–Kier alpha value is -0.540. The molecule has 4 heteroatoms. The van der Waals surface area contributed by atoms with Crippen molar-refractivity contribution in [3.63, 3.8) is 0 Å². The van der Waals surface area contributed by atoms with Crippen LogP contribution in [0.1, 0.15) is 58.1 Å². The van der Waals surface area contributed by atoms with E-state index in [9.17, 15) is 0 Å². The van der Waals surface area contributed by atoms with E-state index in [1.165, 1.54) is 25.0 Å². The molecule has 1 saturated carbocycles. The minimum Gasteiger partial charge on any atom is -0.330 e. The van der Waals surface area contributed by atoms with Crippen LogP contribution >= 0.6 is 11.6 Å². The van der Waals surface area contributed by atoms with Crippen LogP contribution in [0.3, 0.4) is 0 Å². The monoisotopic (exact) mass is 297 g/mol. The van der Waals surface area contributed by atoms with Gasteiger partial charge in [-0.05, 0) is 50.0 Å². The van der Waals surface area contributed by atoms with Crippen LogP contribution < -0.4 is 5.73 Å². The lowest BCUT2D eigenvalue weighted by Crippen LogP contribution is -2.32. The third kappa shape index (κ3) is 3.20. The second-order valence-corrected chi connectivity index (χ2v) is 6.93. The lowest BCUT2D eigenvalue weighted by atomic mass is 9.69. The molecule has 3 nitrogen and oxygen atoms in total. The fraction of sp³-hybridized carbons (Fsp3) is 0.812. The molecule has 0 saturated heterocycles. The highest BCUT2D eigenvalue weighted by atomic mass is 35.5. The molecule has 0 amide bonds. The smallest absolute Gasteiger partial charge is 0.0820 e. The summed E-state index contributed by atoms with van der Waals surface area (Å²) in [6, 6.07) is 0. The Labute approximate surface area is 127 Å². The molecule has 2 rings (SSSR count). The molecule has 20 heavy (non-hydrogen) atoms. The maximum Gasteiger partial charge on any atom is 0.0820 e. The minimum absolute atomic E-state index is 0.475. The molecule has 1 aromatic heterocycles. The van der Waals surface area contributed by atoms with Crippen LogP contribution in [0.5, 0.6) is 0 Å². The number of aryl methyl sites for hydroxylation is 1. The Kier molecular flexibility index (Phi) is 5.50. The maximum atomic E-state index is 6.44. The first-order chi connectivity index (χ1) is 9.58. The van der Waals surface area contributed by atoms with Crippen LogP contribution in [0.25, 0.3) is 0 Å². The molecule has 1 aliphatic carbocycles. The standard InChI is InChI=1S/C16H28ClN3/c1-4-7-20-16(15(17)10-19-20)14-8-12(11(2)3)5-6-13(14)9-18/h10-14H,4-9,18H2,1-3H3. The summed E-state index contributed by atoms with van der Waals surface area (Å²) in [7, 11) is 0. The van der Waals surface area contributed by atoms with Crippen molar-refractivity contribution < 1.29 is 0 Å². The van der Waals surface area contributed by atoms with Crippen molar-refractivity contribution in [3.8, 4) is 0 Å². The minimum atomic E-state index is 0.475. The Balaban J connectivity index is 2.28. The van der Waals surface area contributed by atoms with E-state index in [0.29, 0.717) is 11.8 Å². The largest absolute Gasteiger partial charge is 0.330 e. The summed E-state index contributed by atoms with van der Waals surface area (Å²) < 4.78 is 2.11. The normalized spacial score (nSPS) is 27.2. The van der Waals surface area contributed by atoms with E-state index in [-0.39, 0.29) is 0 Å². The van der Waals surface area contributed by atoms with Crippen LogP contribution in [0.15, 0.2) is 6.20 Å². The summed E-state index contributed by atoms with van der Waals surface area (Å²) in [5, 5.41) is 5.29. The van der Waals surface area contributed by atoms with E-state index < -0.39 is 0 Å². The SMILES string of the molecule is CCCn1ncc(Cl)c1C1CC(C(C)C)CCC1CN. The van der Waals surface area contributed by atoms with Gasteiger partial charge >= 0.3 is 0 Å². The molecule has 1 heterocycles. The molecule has 0 aliphatic heterocycles. The highest BCUT2D eigenvalue weighted by Crippen LogP contribution is 2.44. The van der Waals surface area contributed by atoms with Gasteiger partial charge in [0.25, 0.3) is 0 Å². The van der Waals surface area contributed by atoms with E-state index >= 15 is 0 Å². The van der Waals surface area contributed by atoms with E-state index in [1.807, 2.05) is 0 Å². The van der Waals surface area contributed by atoms with Gasteiger partial charge in [0.15, 0.2) is 0 Å². The van der Waals surface area contributed by atoms with Gasteiger partial charge in [0.2, 0.25) is 0 Å². The summed E-state index contributed by atoms with van der Waals surface area (Å²) in [5.74, 6) is 2.54. The highest BCUT2D eigenvalue weighted by molar-refractivity contribution is 6.31. The lowest BCUT2D eigenvalue weighted by molar-refractivity contribution is 0.191. The van der Waals surface area contributed by atoms with Gasteiger partial charge in [-0.1, -0.05) is 32.4 Å². The van der Waals surface area contributed by atoms with E-state index in [1.54, 1.807) is 6.20 Å². The predicted molar refractivity (Wildman–Crippen MR) is 85.0 cm³/mol. The lowest BCUT2D eigenvalue weighted by Gasteiger charge is -2.37. The molecule has 0 radical (unpaired) electrons. The number of halogens is 1. The van der Waals surface area contributed by atoms with Crippen molar-refractivity contribution in [2.24, 2.45) is 23.5 Å². The van der Waals surface area contributed by atoms with Crippen LogP contribution in [0.4, 0.5) is 0 Å². The molecule has 1 fully saturated rings. The Morgan fingerprint density at radius 3 is 2.80 bits per heavy atom. The summed E-state index contributed by atoms with van der Waals surface area (Å²) in [4.78, 5) is 0. The predicted octanol–water partition coefficient (Wildman–Crippen LogP) is 4.06. The van der Waals surface area contributed by atoms with Crippen LogP contribution in [-0.2, 0) is 6.54 Å². The number of nitrogens with zero attached hydrogens (tertiary/aromatic N) is 2. The summed E-state index contributed by atoms with van der Waals surface area (Å²) in [6.45, 7) is 8.54. The van der Waals surface area contributed by atoms with Gasteiger partial charge in [0.05, 0.1) is 16.9 Å². The molecule has 3 atom stereocenters. The average Bonchev–Trinajstić information content (AvgIpc) is 2.79. The van der Waals surface area contributed by atoms with Crippen LogP contribution in [-0.4, -0.2) is 16.3 Å². The highest BCUT2D eigenvalue weighted by Gasteiger charge is 2.35. The van der Waals surface area contributed by atoms with Gasteiger partial charge < -0.3 is 5.73 Å². The maximum absolute atomic E-state index is 6.44. The van der Waals surface area contributed by atoms with Crippen molar-refractivity contribution in [3.05, 3.63) is 16.9 Å². The molecular formula is C16H28ClN3. The van der Waals surface area contributed by atoms with Crippen molar-refractivity contribution >= 4 is 11.6 Å². The molecule has 0 aromatic carbocycles. The number of aromatic nitrogens is 2. The Morgan fingerprint density at radius 1 is 1.45 bits per heavy atom. The Bertz CT molecular complexity index is 427. The van der Waals surface area contributed by atoms with Gasteiger partial charge in [0, 0.05) is 12.5 Å². The zero-order valence-corrected chi connectivity index (χ0v) is 13.7.